The molecule has 0 saturated carbocycles. The standard InChI is InChI=1S/C11H25NO3S.ClH/c1-9(13)6-12(4-5-16,7-10(2)14)8-11(3)15;/h9-11,13-15H,4-8H2,1-3H3;1H. The monoisotopic (exact) mass is 287 g/mol. The lowest BCUT2D eigenvalue weighted by molar-refractivity contribution is -0.933. The number of hydrogen-bond acceptors (Lipinski definition) is 4. The molecule has 0 aromatic heterocycles. The lowest BCUT2D eigenvalue weighted by Gasteiger charge is -2.41. The number of aliphatic hydroxyl groups is 3. The Bertz CT molecular complexity index is 165. The molecular weight excluding hydrogens is 262 g/mol. The van der Waals surface area contributed by atoms with E-state index in [-0.39, 0.29) is 12.4 Å². The molecule has 0 aliphatic heterocycles. The molecule has 3 unspecified atom stereocenters. The number of aliphatic hydroxyl groups excluding tert-OH is 3. The number of halogens is 1. The lowest BCUT2D eigenvalue weighted by Crippen LogP contribution is -3.00. The Kier molecular flexibility index (Phi) is 11.0. The van der Waals surface area contributed by atoms with Crippen LogP contribution in [0.2, 0.25) is 0 Å². The van der Waals surface area contributed by atoms with Crippen LogP contribution in [0, 0.1) is 0 Å². The van der Waals surface area contributed by atoms with Crippen LogP contribution < -0.4 is 12.4 Å². The van der Waals surface area contributed by atoms with Gasteiger partial charge in [-0.05, 0) is 20.8 Å². The van der Waals surface area contributed by atoms with Crippen LogP contribution in [0.5, 0.6) is 0 Å². The van der Waals surface area contributed by atoms with Crippen LogP contribution in [0.15, 0.2) is 0 Å². The normalized spacial score (nSPS) is 19.9. The molecule has 0 rings (SSSR count). The summed E-state index contributed by atoms with van der Waals surface area (Å²) in [5.41, 5.74) is 0. The summed E-state index contributed by atoms with van der Waals surface area (Å²) in [5, 5.41) is 28.6. The maximum Gasteiger partial charge on any atom is 0.105 e. The van der Waals surface area contributed by atoms with Gasteiger partial charge in [-0.3, -0.25) is 0 Å². The third-order valence-electron chi connectivity index (χ3n) is 2.53. The van der Waals surface area contributed by atoms with Gasteiger partial charge in [0.25, 0.3) is 0 Å². The van der Waals surface area contributed by atoms with Crippen molar-refractivity contribution in [3.8, 4) is 0 Å². The highest BCUT2D eigenvalue weighted by Gasteiger charge is 2.31. The van der Waals surface area contributed by atoms with Crippen molar-refractivity contribution >= 4 is 12.6 Å². The molecule has 4 nitrogen and oxygen atoms in total. The van der Waals surface area contributed by atoms with Crippen molar-refractivity contribution in [2.45, 2.75) is 39.1 Å². The van der Waals surface area contributed by atoms with E-state index in [1.54, 1.807) is 20.8 Å². The molecule has 0 aliphatic carbocycles. The van der Waals surface area contributed by atoms with Gasteiger partial charge in [-0.15, -0.1) is 0 Å². The fourth-order valence-corrected chi connectivity index (χ4v) is 2.82. The fourth-order valence-electron chi connectivity index (χ4n) is 2.39. The predicted octanol–water partition coefficient (Wildman–Crippen LogP) is -3.12. The van der Waals surface area contributed by atoms with Crippen LogP contribution >= 0.6 is 12.6 Å². The summed E-state index contributed by atoms with van der Waals surface area (Å²) in [5.74, 6) is 0.673. The minimum atomic E-state index is -0.447. The Labute approximate surface area is 116 Å². The van der Waals surface area contributed by atoms with Gasteiger partial charge in [0, 0.05) is 5.75 Å². The van der Waals surface area contributed by atoms with Gasteiger partial charge < -0.3 is 32.2 Å². The molecule has 0 saturated heterocycles. The molecule has 106 valence electrons. The van der Waals surface area contributed by atoms with E-state index in [0.29, 0.717) is 29.9 Å². The molecule has 3 N–H and O–H groups in total. The molecule has 0 fully saturated rings. The van der Waals surface area contributed by atoms with Gasteiger partial charge in [-0.25, -0.2) is 0 Å². The first-order valence-corrected chi connectivity index (χ1v) is 6.44. The summed E-state index contributed by atoms with van der Waals surface area (Å²) in [7, 11) is 0. The van der Waals surface area contributed by atoms with Gasteiger partial charge in [0.15, 0.2) is 0 Å². The van der Waals surface area contributed by atoms with Gasteiger partial charge in [0.1, 0.15) is 37.9 Å². The quantitative estimate of drug-likeness (QED) is 0.282. The van der Waals surface area contributed by atoms with Crippen LogP contribution in [0.4, 0.5) is 0 Å². The van der Waals surface area contributed by atoms with E-state index in [9.17, 15) is 15.3 Å². The van der Waals surface area contributed by atoms with Crippen LogP contribution in [0.1, 0.15) is 20.8 Å². The minimum absolute atomic E-state index is 0. The van der Waals surface area contributed by atoms with Crippen LogP contribution in [-0.4, -0.2) is 70.0 Å². The third-order valence-corrected chi connectivity index (χ3v) is 2.73. The molecule has 6 heteroatoms. The molecule has 0 bridgehead atoms. The summed E-state index contributed by atoms with van der Waals surface area (Å²) in [4.78, 5) is 0. The summed E-state index contributed by atoms with van der Waals surface area (Å²) in [6.07, 6.45) is -1.34. The van der Waals surface area contributed by atoms with Crippen molar-refractivity contribution in [2.24, 2.45) is 0 Å². The van der Waals surface area contributed by atoms with Crippen molar-refractivity contribution in [2.75, 3.05) is 31.9 Å². The van der Waals surface area contributed by atoms with Gasteiger partial charge in [-0.1, -0.05) is 0 Å². The van der Waals surface area contributed by atoms with Gasteiger partial charge in [0.05, 0.1) is 6.54 Å². The molecular formula is C11H26ClNO3S. The average Bonchev–Trinajstić information content (AvgIpc) is 1.98. The van der Waals surface area contributed by atoms with Crippen LogP contribution in [0.3, 0.4) is 0 Å². The zero-order valence-corrected chi connectivity index (χ0v) is 12.5. The molecule has 0 heterocycles. The molecule has 0 aromatic carbocycles. The Morgan fingerprint density at radius 3 is 1.35 bits per heavy atom. The molecule has 0 amide bonds. The fraction of sp³-hybridized carbons (Fsp3) is 1.00. The van der Waals surface area contributed by atoms with E-state index in [2.05, 4.69) is 12.6 Å². The number of nitrogens with zero attached hydrogens (tertiary/aromatic N) is 1. The first kappa shape index (κ1) is 19.8. The minimum Gasteiger partial charge on any atom is -1.00 e. The Balaban J connectivity index is 0. The molecule has 0 spiro atoms. The van der Waals surface area contributed by atoms with Gasteiger partial charge >= 0.3 is 0 Å². The molecule has 17 heavy (non-hydrogen) atoms. The van der Waals surface area contributed by atoms with Gasteiger partial charge in [0.2, 0.25) is 0 Å². The molecule has 0 aromatic rings. The van der Waals surface area contributed by atoms with Crippen LogP contribution in [0.25, 0.3) is 0 Å². The number of hydrogen-bond donors (Lipinski definition) is 4. The van der Waals surface area contributed by atoms with Crippen molar-refractivity contribution in [1.29, 1.82) is 0 Å². The van der Waals surface area contributed by atoms with E-state index in [4.69, 9.17) is 0 Å². The maximum atomic E-state index is 9.54. The predicted molar refractivity (Wildman–Crippen MR) is 68.6 cm³/mol. The maximum absolute atomic E-state index is 9.54. The van der Waals surface area contributed by atoms with Crippen molar-refractivity contribution in [3.63, 3.8) is 0 Å². The lowest BCUT2D eigenvalue weighted by atomic mass is 10.2. The van der Waals surface area contributed by atoms with E-state index < -0.39 is 18.3 Å². The number of quaternary nitrogens is 1. The first-order chi connectivity index (χ1) is 7.31. The zero-order chi connectivity index (χ0) is 12.8. The summed E-state index contributed by atoms with van der Waals surface area (Å²) in [6, 6.07) is 0. The topological polar surface area (TPSA) is 60.7 Å². The Morgan fingerprint density at radius 1 is 0.882 bits per heavy atom. The number of thiol groups is 1. The van der Waals surface area contributed by atoms with Crippen LogP contribution in [-0.2, 0) is 0 Å². The smallest absolute Gasteiger partial charge is 0.105 e. The highest BCUT2D eigenvalue weighted by molar-refractivity contribution is 7.80. The second kappa shape index (κ2) is 9.42. The van der Waals surface area contributed by atoms with Gasteiger partial charge in [-0.2, -0.15) is 12.6 Å². The second-order valence-electron chi connectivity index (χ2n) is 4.88. The molecule has 3 atom stereocenters. The third kappa shape index (κ3) is 9.11. The highest BCUT2D eigenvalue weighted by Crippen LogP contribution is 2.12. The highest BCUT2D eigenvalue weighted by atomic mass is 35.5. The largest absolute Gasteiger partial charge is 1.00 e. The van der Waals surface area contributed by atoms with Crippen molar-refractivity contribution < 1.29 is 32.2 Å². The van der Waals surface area contributed by atoms with E-state index in [1.165, 1.54) is 0 Å². The first-order valence-electron chi connectivity index (χ1n) is 5.81. The molecule has 0 aliphatic rings. The number of rotatable bonds is 8. The second-order valence-corrected chi connectivity index (χ2v) is 5.33. The van der Waals surface area contributed by atoms with Crippen molar-refractivity contribution in [1.82, 2.24) is 0 Å². The Morgan fingerprint density at radius 2 is 1.18 bits per heavy atom. The average molecular weight is 288 g/mol. The summed E-state index contributed by atoms with van der Waals surface area (Å²) < 4.78 is 0.510. The van der Waals surface area contributed by atoms with Crippen molar-refractivity contribution in [3.05, 3.63) is 0 Å². The molecule has 0 radical (unpaired) electrons. The Hall–Kier alpha value is 0.480. The van der Waals surface area contributed by atoms with E-state index >= 15 is 0 Å². The van der Waals surface area contributed by atoms with E-state index in [0.717, 1.165) is 6.54 Å². The summed E-state index contributed by atoms with van der Waals surface area (Å²) >= 11 is 4.22. The SMILES string of the molecule is CC(O)C[N+](CCS)(CC(C)O)CC(C)O.[Cl-]. The van der Waals surface area contributed by atoms with E-state index in [1.807, 2.05) is 0 Å². The zero-order valence-electron chi connectivity index (χ0n) is 10.9. The summed E-state index contributed by atoms with van der Waals surface area (Å²) in [6.45, 7) is 7.55.